The van der Waals surface area contributed by atoms with Crippen LogP contribution < -0.4 is 16.2 Å². The standard InChI is InChI=1S/C10H14F2N4O/c1-17-6-2-3-16(5-6)10-8(12)4-7(11)9(14-10)15-13/h4,6H,2-3,5,13H2,1H3,(H,14,15). The van der Waals surface area contributed by atoms with E-state index in [9.17, 15) is 8.78 Å². The summed E-state index contributed by atoms with van der Waals surface area (Å²) >= 11 is 0. The van der Waals surface area contributed by atoms with E-state index in [-0.39, 0.29) is 17.7 Å². The van der Waals surface area contributed by atoms with Crippen molar-refractivity contribution in [1.29, 1.82) is 0 Å². The van der Waals surface area contributed by atoms with Crippen LogP contribution in [-0.2, 0) is 4.74 Å². The summed E-state index contributed by atoms with van der Waals surface area (Å²) in [5.74, 6) is 3.53. The fourth-order valence-electron chi connectivity index (χ4n) is 1.89. The first-order valence-electron chi connectivity index (χ1n) is 5.26. The lowest BCUT2D eigenvalue weighted by Gasteiger charge is -2.18. The molecule has 1 unspecified atom stereocenters. The third-order valence-electron chi connectivity index (χ3n) is 2.83. The molecule has 3 N–H and O–H groups in total. The highest BCUT2D eigenvalue weighted by Gasteiger charge is 2.26. The summed E-state index contributed by atoms with van der Waals surface area (Å²) in [6, 6.07) is 0.775. The average molecular weight is 244 g/mol. The van der Waals surface area contributed by atoms with Gasteiger partial charge in [-0.2, -0.15) is 0 Å². The Balaban J connectivity index is 2.26. The van der Waals surface area contributed by atoms with Crippen LogP contribution in [0.15, 0.2) is 6.07 Å². The van der Waals surface area contributed by atoms with Crippen molar-refractivity contribution in [3.63, 3.8) is 0 Å². The first-order valence-corrected chi connectivity index (χ1v) is 5.26. The molecule has 1 aliphatic heterocycles. The topological polar surface area (TPSA) is 63.4 Å². The zero-order valence-electron chi connectivity index (χ0n) is 9.41. The number of halogens is 2. The molecule has 1 aromatic heterocycles. The molecule has 2 heterocycles. The number of hydrazine groups is 1. The van der Waals surface area contributed by atoms with Gasteiger partial charge in [-0.05, 0) is 6.42 Å². The molecule has 94 valence electrons. The van der Waals surface area contributed by atoms with Gasteiger partial charge in [-0.15, -0.1) is 0 Å². The monoisotopic (exact) mass is 244 g/mol. The summed E-state index contributed by atoms with van der Waals surface area (Å²) in [5, 5.41) is 0. The quantitative estimate of drug-likeness (QED) is 0.610. The Labute approximate surface area is 97.5 Å². The fraction of sp³-hybridized carbons (Fsp3) is 0.500. The first kappa shape index (κ1) is 12.0. The van der Waals surface area contributed by atoms with Gasteiger partial charge >= 0.3 is 0 Å². The van der Waals surface area contributed by atoms with Gasteiger partial charge in [0.05, 0.1) is 6.10 Å². The molecule has 0 amide bonds. The van der Waals surface area contributed by atoms with Crippen molar-refractivity contribution in [2.45, 2.75) is 12.5 Å². The molecule has 0 aromatic carbocycles. The van der Waals surface area contributed by atoms with Gasteiger partial charge in [0.25, 0.3) is 0 Å². The minimum absolute atomic E-state index is 0.0514. The van der Waals surface area contributed by atoms with Crippen LogP contribution in [0.2, 0.25) is 0 Å². The second-order valence-corrected chi connectivity index (χ2v) is 3.86. The number of nitrogens with zero attached hydrogens (tertiary/aromatic N) is 2. The molecular formula is C10H14F2N4O. The molecule has 1 aromatic rings. The second-order valence-electron chi connectivity index (χ2n) is 3.86. The number of nitrogen functional groups attached to an aromatic ring is 1. The molecule has 1 saturated heterocycles. The Morgan fingerprint density at radius 2 is 2.29 bits per heavy atom. The number of pyridine rings is 1. The molecule has 1 aliphatic rings. The molecular weight excluding hydrogens is 230 g/mol. The van der Waals surface area contributed by atoms with Gasteiger partial charge in [-0.3, -0.25) is 0 Å². The Morgan fingerprint density at radius 1 is 1.53 bits per heavy atom. The maximum absolute atomic E-state index is 13.6. The molecule has 5 nitrogen and oxygen atoms in total. The van der Waals surface area contributed by atoms with E-state index < -0.39 is 11.6 Å². The second kappa shape index (κ2) is 4.80. The molecule has 0 saturated carbocycles. The summed E-state index contributed by atoms with van der Waals surface area (Å²) in [4.78, 5) is 5.54. The van der Waals surface area contributed by atoms with E-state index in [0.29, 0.717) is 13.1 Å². The van der Waals surface area contributed by atoms with Crippen molar-refractivity contribution in [2.24, 2.45) is 5.84 Å². The maximum Gasteiger partial charge on any atom is 0.178 e. The Kier molecular flexibility index (Phi) is 3.39. The normalized spacial score (nSPS) is 19.8. The molecule has 0 spiro atoms. The maximum atomic E-state index is 13.6. The van der Waals surface area contributed by atoms with E-state index in [4.69, 9.17) is 10.6 Å². The lowest BCUT2D eigenvalue weighted by molar-refractivity contribution is 0.121. The number of hydrogen-bond donors (Lipinski definition) is 2. The average Bonchev–Trinajstić information content (AvgIpc) is 2.78. The van der Waals surface area contributed by atoms with Crippen molar-refractivity contribution >= 4 is 11.6 Å². The number of methoxy groups -OCH3 is 1. The zero-order chi connectivity index (χ0) is 12.4. The predicted molar refractivity (Wildman–Crippen MR) is 59.6 cm³/mol. The van der Waals surface area contributed by atoms with Crippen LogP contribution in [0.25, 0.3) is 0 Å². The summed E-state index contributed by atoms with van der Waals surface area (Å²) in [6.07, 6.45) is 0.843. The van der Waals surface area contributed by atoms with E-state index in [1.807, 2.05) is 0 Å². The number of nitrogens with one attached hydrogen (secondary N) is 1. The highest BCUT2D eigenvalue weighted by molar-refractivity contribution is 5.49. The molecule has 1 atom stereocenters. The van der Waals surface area contributed by atoms with Gasteiger partial charge in [0, 0.05) is 26.3 Å². The molecule has 0 bridgehead atoms. The Hall–Kier alpha value is -1.47. The van der Waals surface area contributed by atoms with Crippen molar-refractivity contribution in [3.05, 3.63) is 17.7 Å². The van der Waals surface area contributed by atoms with Crippen LogP contribution in [-0.4, -0.2) is 31.3 Å². The first-order chi connectivity index (χ1) is 8.15. The largest absolute Gasteiger partial charge is 0.380 e. The van der Waals surface area contributed by atoms with E-state index in [2.05, 4.69) is 10.4 Å². The number of ether oxygens (including phenoxy) is 1. The highest BCUT2D eigenvalue weighted by atomic mass is 19.1. The molecule has 2 rings (SSSR count). The van der Waals surface area contributed by atoms with Gasteiger partial charge in [0.15, 0.2) is 23.3 Å². The van der Waals surface area contributed by atoms with Crippen LogP contribution in [0.1, 0.15) is 6.42 Å². The summed E-state index contributed by atoms with van der Waals surface area (Å²) < 4.78 is 31.9. The number of nitrogens with two attached hydrogens (primary N) is 1. The Bertz CT molecular complexity index is 416. The SMILES string of the molecule is COC1CCN(c2nc(NN)c(F)cc2F)C1. The van der Waals surface area contributed by atoms with E-state index in [1.54, 1.807) is 12.0 Å². The molecule has 1 fully saturated rings. The Morgan fingerprint density at radius 3 is 2.88 bits per heavy atom. The van der Waals surface area contributed by atoms with Gasteiger partial charge in [0.1, 0.15) is 0 Å². The minimum atomic E-state index is -0.809. The number of rotatable bonds is 3. The lowest BCUT2D eigenvalue weighted by atomic mass is 10.3. The van der Waals surface area contributed by atoms with Crippen molar-refractivity contribution < 1.29 is 13.5 Å². The van der Waals surface area contributed by atoms with E-state index in [0.717, 1.165) is 12.5 Å². The van der Waals surface area contributed by atoms with Crippen molar-refractivity contribution in [2.75, 3.05) is 30.5 Å². The van der Waals surface area contributed by atoms with Crippen LogP contribution in [0.4, 0.5) is 20.4 Å². The molecule has 17 heavy (non-hydrogen) atoms. The summed E-state index contributed by atoms with van der Waals surface area (Å²) in [6.45, 7) is 1.16. The van der Waals surface area contributed by atoms with Crippen LogP contribution in [0.3, 0.4) is 0 Å². The van der Waals surface area contributed by atoms with Crippen molar-refractivity contribution in [1.82, 2.24) is 4.98 Å². The van der Waals surface area contributed by atoms with Crippen LogP contribution in [0.5, 0.6) is 0 Å². The van der Waals surface area contributed by atoms with Crippen molar-refractivity contribution in [3.8, 4) is 0 Å². The van der Waals surface area contributed by atoms with Crippen LogP contribution >= 0.6 is 0 Å². The fourth-order valence-corrected chi connectivity index (χ4v) is 1.89. The zero-order valence-corrected chi connectivity index (χ0v) is 9.41. The van der Waals surface area contributed by atoms with E-state index in [1.165, 1.54) is 0 Å². The summed E-state index contributed by atoms with van der Waals surface area (Å²) in [5.41, 5.74) is 2.10. The van der Waals surface area contributed by atoms with Crippen LogP contribution in [0, 0.1) is 11.6 Å². The summed E-state index contributed by atoms with van der Waals surface area (Å²) in [7, 11) is 1.61. The lowest BCUT2D eigenvalue weighted by Crippen LogP contribution is -2.25. The molecule has 7 heteroatoms. The number of hydrogen-bond acceptors (Lipinski definition) is 5. The number of anilines is 2. The van der Waals surface area contributed by atoms with Gasteiger partial charge in [-0.1, -0.05) is 0 Å². The minimum Gasteiger partial charge on any atom is -0.380 e. The third-order valence-corrected chi connectivity index (χ3v) is 2.83. The molecule has 0 aliphatic carbocycles. The van der Waals surface area contributed by atoms with Gasteiger partial charge in [0.2, 0.25) is 0 Å². The highest BCUT2D eigenvalue weighted by Crippen LogP contribution is 2.25. The van der Waals surface area contributed by atoms with Gasteiger partial charge < -0.3 is 15.1 Å². The van der Waals surface area contributed by atoms with E-state index >= 15 is 0 Å². The number of aromatic nitrogens is 1. The molecule has 0 radical (unpaired) electrons. The smallest absolute Gasteiger partial charge is 0.178 e. The predicted octanol–water partition coefficient (Wildman–Crippen LogP) is 0.870. The van der Waals surface area contributed by atoms with Gasteiger partial charge in [-0.25, -0.2) is 19.6 Å². The third kappa shape index (κ3) is 2.29.